The molecular formula is C35H48N5O3-. The number of aryl methyl sites for hydroxylation is 1. The summed E-state index contributed by atoms with van der Waals surface area (Å²) in [5, 5.41) is 26.2. The summed E-state index contributed by atoms with van der Waals surface area (Å²) in [5.41, 5.74) is 14.7. The lowest BCUT2D eigenvalue weighted by Crippen LogP contribution is -2.28. The van der Waals surface area contributed by atoms with E-state index in [0.29, 0.717) is 29.8 Å². The van der Waals surface area contributed by atoms with Crippen LogP contribution in [0.25, 0.3) is 16.1 Å². The van der Waals surface area contributed by atoms with Gasteiger partial charge in [-0.15, -0.1) is 0 Å². The van der Waals surface area contributed by atoms with Crippen molar-refractivity contribution in [3.05, 3.63) is 82.8 Å². The van der Waals surface area contributed by atoms with E-state index in [9.17, 15) is 9.90 Å². The molecule has 0 radical (unpaired) electrons. The lowest BCUT2D eigenvalue weighted by molar-refractivity contribution is -0.131. The second-order valence-corrected chi connectivity index (χ2v) is 11.9. The highest BCUT2D eigenvalue weighted by Gasteiger charge is 2.31. The Morgan fingerprint density at radius 3 is 2.35 bits per heavy atom. The van der Waals surface area contributed by atoms with Crippen molar-refractivity contribution in [2.24, 2.45) is 22.4 Å². The summed E-state index contributed by atoms with van der Waals surface area (Å²) in [5.74, 6) is 0.324. The second kappa shape index (κ2) is 16.8. The number of hydrogen-bond donors (Lipinski definition) is 5. The number of H-pyrrole nitrogens is 1. The number of aliphatic hydroxyl groups excluding tert-OH is 1. The maximum absolute atomic E-state index is 11.9. The zero-order chi connectivity index (χ0) is 30.4. The van der Waals surface area contributed by atoms with E-state index in [-0.39, 0.29) is 18.5 Å². The lowest BCUT2D eigenvalue weighted by atomic mass is 9.69. The van der Waals surface area contributed by atoms with Crippen molar-refractivity contribution in [1.29, 1.82) is 0 Å². The molecule has 0 spiro atoms. The van der Waals surface area contributed by atoms with Gasteiger partial charge in [0.2, 0.25) is 0 Å². The van der Waals surface area contributed by atoms with E-state index in [4.69, 9.17) is 21.9 Å². The van der Waals surface area contributed by atoms with Crippen LogP contribution in [0, 0.1) is 5.92 Å². The van der Waals surface area contributed by atoms with Gasteiger partial charge in [0, 0.05) is 12.7 Å². The number of aliphatic hydroxyl groups is 1. The first-order valence-corrected chi connectivity index (χ1v) is 15.9. The fraction of sp³-hybridized carbons (Fsp3) is 0.486. The van der Waals surface area contributed by atoms with Crippen LogP contribution in [0.4, 0.5) is 5.82 Å². The summed E-state index contributed by atoms with van der Waals surface area (Å²) in [6.45, 7) is 0.390. The number of aromatic amines is 1. The Morgan fingerprint density at radius 1 is 1.00 bits per heavy atom. The number of nitrogens with one attached hydrogen (secondary N) is 1. The van der Waals surface area contributed by atoms with Crippen molar-refractivity contribution in [2.45, 2.75) is 89.0 Å². The van der Waals surface area contributed by atoms with Gasteiger partial charge in [0.15, 0.2) is 5.96 Å². The van der Waals surface area contributed by atoms with Crippen molar-refractivity contribution in [3.8, 4) is 0 Å². The normalized spacial score (nSPS) is 17.4. The van der Waals surface area contributed by atoms with Crippen molar-refractivity contribution in [2.75, 3.05) is 13.2 Å². The maximum Gasteiger partial charge on any atom is 0.328 e. The van der Waals surface area contributed by atoms with Gasteiger partial charge in [0.25, 0.3) is 0 Å². The van der Waals surface area contributed by atoms with E-state index in [1.165, 1.54) is 60.1 Å². The van der Waals surface area contributed by atoms with Crippen LogP contribution in [0.15, 0.2) is 71.4 Å². The molecule has 1 heterocycles. The molecule has 43 heavy (non-hydrogen) atoms. The Hall–Kier alpha value is -3.78. The number of fused-ring (bicyclic) bond motifs is 2. The average molecular weight is 587 g/mol. The molecule has 1 aromatic heterocycles. The molecule has 0 fully saturated rings. The molecule has 7 N–H and O–H groups in total. The number of benzene rings is 2. The molecule has 8 nitrogen and oxygen atoms in total. The zero-order valence-corrected chi connectivity index (χ0v) is 25.3. The summed E-state index contributed by atoms with van der Waals surface area (Å²) in [7, 11) is 0. The Bertz CT molecular complexity index is 1350. The summed E-state index contributed by atoms with van der Waals surface area (Å²) in [6.07, 6.45) is 16.2. The number of carboxylic acid groups (broad SMARTS) is 1. The number of aliphatic carboxylic acids is 1. The number of aromatic nitrogens is 1. The third-order valence-electron chi connectivity index (χ3n) is 8.77. The highest BCUT2D eigenvalue weighted by Crippen LogP contribution is 2.45. The van der Waals surface area contributed by atoms with Gasteiger partial charge in [-0.05, 0) is 77.5 Å². The van der Waals surface area contributed by atoms with Crippen LogP contribution >= 0.6 is 0 Å². The molecule has 0 aliphatic heterocycles. The number of hydrogen-bond acceptors (Lipinski definition) is 3. The quantitative estimate of drug-likeness (QED) is 0.0467. The summed E-state index contributed by atoms with van der Waals surface area (Å²) >= 11 is 0. The topological polar surface area (TPSA) is 152 Å². The first-order chi connectivity index (χ1) is 20.9. The molecule has 0 saturated heterocycles. The molecule has 3 unspecified atom stereocenters. The standard InChI is InChI=1S/C35H48N5O3/c36-35(37)39-24-29(23-34(42)43)32(40-33-15-11-18-38-33)22-28-17-16-27-20-25-12-8-9-13-26(25)21-31(27)30(28)14-7-5-3-1-2-4-6-10-19-41/h8-9,11-13,15,18,20-21,23,28,30,32,38,41H,1-7,10,14,16-17,19,22,24H2,(H,42,43)(H4,36,37,39)/q-1. The van der Waals surface area contributed by atoms with Crippen LogP contribution < -0.4 is 11.5 Å². The Balaban J connectivity index is 1.56. The fourth-order valence-corrected chi connectivity index (χ4v) is 6.60. The van der Waals surface area contributed by atoms with Gasteiger partial charge in [-0.25, -0.2) is 9.79 Å². The van der Waals surface area contributed by atoms with Crippen LogP contribution in [-0.4, -0.2) is 46.3 Å². The monoisotopic (exact) mass is 586 g/mol. The maximum atomic E-state index is 11.9. The summed E-state index contributed by atoms with van der Waals surface area (Å²) in [4.78, 5) is 19.2. The number of nitrogens with zero attached hydrogens (tertiary/aromatic N) is 2. The van der Waals surface area contributed by atoms with Crippen molar-refractivity contribution in [3.63, 3.8) is 0 Å². The third-order valence-corrected chi connectivity index (χ3v) is 8.77. The van der Waals surface area contributed by atoms with E-state index >= 15 is 0 Å². The molecule has 3 atom stereocenters. The number of guanidine groups is 1. The average Bonchev–Trinajstić information content (AvgIpc) is 3.51. The van der Waals surface area contributed by atoms with Gasteiger partial charge in [0.05, 0.1) is 6.54 Å². The predicted molar refractivity (Wildman–Crippen MR) is 176 cm³/mol. The Kier molecular flexibility index (Phi) is 12.5. The number of carbonyl (C=O) groups is 1. The SMILES string of the molecule is NC(N)=NCC(=CC(=O)O)C(CC1CCc2cc3ccccc3cc2C1CCCCCCCCCCO)[N-]c1ccc[nH]1. The van der Waals surface area contributed by atoms with Gasteiger partial charge < -0.3 is 32.0 Å². The largest absolute Gasteiger partial charge is 0.478 e. The molecule has 0 amide bonds. The predicted octanol–water partition coefficient (Wildman–Crippen LogP) is 7.07. The van der Waals surface area contributed by atoms with Crippen LogP contribution in [0.2, 0.25) is 0 Å². The van der Waals surface area contributed by atoms with Crippen LogP contribution in [-0.2, 0) is 11.2 Å². The highest BCUT2D eigenvalue weighted by atomic mass is 16.4. The van der Waals surface area contributed by atoms with E-state index in [1.807, 2.05) is 18.3 Å². The third kappa shape index (κ3) is 9.89. The molecule has 4 rings (SSSR count). The molecule has 232 valence electrons. The molecule has 8 heteroatoms. The number of nitrogens with two attached hydrogens (primary N) is 2. The minimum Gasteiger partial charge on any atom is -0.478 e. The van der Waals surface area contributed by atoms with Crippen molar-refractivity contribution < 1.29 is 15.0 Å². The summed E-state index contributed by atoms with van der Waals surface area (Å²) < 4.78 is 0. The number of aliphatic imine (C=N–C) groups is 1. The minimum atomic E-state index is -1.03. The zero-order valence-electron chi connectivity index (χ0n) is 25.3. The van der Waals surface area contributed by atoms with Crippen LogP contribution in [0.3, 0.4) is 0 Å². The molecule has 3 aromatic rings. The van der Waals surface area contributed by atoms with E-state index in [0.717, 1.165) is 44.9 Å². The molecule has 2 aromatic carbocycles. The lowest BCUT2D eigenvalue weighted by Gasteiger charge is -2.38. The van der Waals surface area contributed by atoms with Gasteiger partial charge in [-0.1, -0.05) is 105 Å². The van der Waals surface area contributed by atoms with Gasteiger partial charge >= 0.3 is 5.97 Å². The Labute approximate surface area is 255 Å². The van der Waals surface area contributed by atoms with E-state index in [1.54, 1.807) is 0 Å². The van der Waals surface area contributed by atoms with Gasteiger partial charge in [0.1, 0.15) is 0 Å². The fourth-order valence-electron chi connectivity index (χ4n) is 6.60. The van der Waals surface area contributed by atoms with Crippen molar-refractivity contribution in [1.82, 2.24) is 4.98 Å². The first kappa shape index (κ1) is 32.1. The molecule has 0 bridgehead atoms. The van der Waals surface area contributed by atoms with E-state index < -0.39 is 5.97 Å². The summed E-state index contributed by atoms with van der Waals surface area (Å²) in [6, 6.07) is 16.8. The van der Waals surface area contributed by atoms with Crippen LogP contribution in [0.1, 0.15) is 87.7 Å². The highest BCUT2D eigenvalue weighted by molar-refractivity contribution is 5.84. The minimum absolute atomic E-state index is 0.0698. The van der Waals surface area contributed by atoms with Gasteiger partial charge in [-0.2, -0.15) is 0 Å². The van der Waals surface area contributed by atoms with Gasteiger partial charge in [-0.3, -0.25) is 0 Å². The Morgan fingerprint density at radius 2 is 1.70 bits per heavy atom. The number of unbranched alkanes of at least 4 members (excludes halogenated alkanes) is 7. The van der Waals surface area contributed by atoms with E-state index in [2.05, 4.69) is 46.4 Å². The van der Waals surface area contributed by atoms with Crippen LogP contribution in [0.5, 0.6) is 0 Å². The molecule has 0 saturated carbocycles. The second-order valence-electron chi connectivity index (χ2n) is 11.9. The molecule has 1 aliphatic carbocycles. The number of carboxylic acids is 1. The first-order valence-electron chi connectivity index (χ1n) is 15.9. The molecule has 1 aliphatic rings. The van der Waals surface area contributed by atoms with Crippen molar-refractivity contribution >= 4 is 28.5 Å². The molecular weight excluding hydrogens is 538 g/mol. The smallest absolute Gasteiger partial charge is 0.328 e. The number of rotatable bonds is 18.